The van der Waals surface area contributed by atoms with Crippen LogP contribution < -0.4 is 4.74 Å². The summed E-state index contributed by atoms with van der Waals surface area (Å²) in [5.74, 6) is 2.17. The van der Waals surface area contributed by atoms with Crippen molar-refractivity contribution in [3.05, 3.63) is 96.3 Å². The lowest BCUT2D eigenvalue weighted by atomic mass is 10.1. The number of ether oxygens (including phenoxy) is 1. The Kier molecular flexibility index (Phi) is 7.59. The van der Waals surface area contributed by atoms with Gasteiger partial charge in [-0.2, -0.15) is 0 Å². The summed E-state index contributed by atoms with van der Waals surface area (Å²) in [6.45, 7) is 3.10. The molecule has 0 spiro atoms. The van der Waals surface area contributed by atoms with Crippen LogP contribution in [0.3, 0.4) is 0 Å². The smallest absolute Gasteiger partial charge is 0.191 e. The summed E-state index contributed by atoms with van der Waals surface area (Å²) in [6, 6.07) is 28.4. The summed E-state index contributed by atoms with van der Waals surface area (Å²) in [7, 11) is 0. The molecular weight excluding hydrogens is 418 g/mol. The fourth-order valence-electron chi connectivity index (χ4n) is 3.44. The number of rotatable bonds is 10. The highest BCUT2D eigenvalue weighted by Crippen LogP contribution is 2.23. The van der Waals surface area contributed by atoms with E-state index in [0.29, 0.717) is 5.75 Å². The average molecular weight is 446 g/mol. The molecule has 0 bridgehead atoms. The number of hydrogen-bond donors (Lipinski definition) is 1. The van der Waals surface area contributed by atoms with Crippen LogP contribution in [0.2, 0.25) is 0 Å². The van der Waals surface area contributed by atoms with Crippen LogP contribution in [-0.2, 0) is 13.0 Å². The van der Waals surface area contributed by atoms with Crippen LogP contribution >= 0.6 is 11.8 Å². The van der Waals surface area contributed by atoms with E-state index in [2.05, 4.69) is 46.0 Å². The number of hydrogen-bond acceptors (Lipinski definition) is 5. The standard InChI is InChI=1S/C26H27N3O2S/c1-2-29-25(17-20-9-5-3-6-10-20)27-28-26(29)32-19-23(30)18-31-24-15-13-22(14-16-24)21-11-7-4-8-12-21/h3-16,23,30H,2,17-19H2,1H3. The highest BCUT2D eigenvalue weighted by Gasteiger charge is 2.14. The molecule has 4 aromatic rings. The normalized spacial score (nSPS) is 11.9. The third kappa shape index (κ3) is 5.78. The third-order valence-corrected chi connectivity index (χ3v) is 6.24. The minimum atomic E-state index is -0.603. The van der Waals surface area contributed by atoms with Gasteiger partial charge in [0.15, 0.2) is 5.16 Å². The van der Waals surface area contributed by atoms with Crippen molar-refractivity contribution in [3.8, 4) is 16.9 Å². The molecule has 0 saturated heterocycles. The van der Waals surface area contributed by atoms with Gasteiger partial charge in [0.25, 0.3) is 0 Å². The second-order valence-corrected chi connectivity index (χ2v) is 8.46. The Morgan fingerprint density at radius 2 is 1.53 bits per heavy atom. The minimum absolute atomic E-state index is 0.231. The van der Waals surface area contributed by atoms with E-state index in [9.17, 15) is 5.11 Å². The summed E-state index contributed by atoms with van der Waals surface area (Å²) in [4.78, 5) is 0. The van der Waals surface area contributed by atoms with Crippen molar-refractivity contribution in [1.29, 1.82) is 0 Å². The maximum Gasteiger partial charge on any atom is 0.191 e. The van der Waals surface area contributed by atoms with Crippen LogP contribution in [0.25, 0.3) is 11.1 Å². The van der Waals surface area contributed by atoms with E-state index in [-0.39, 0.29) is 6.61 Å². The Hall–Kier alpha value is -3.09. The molecule has 1 unspecified atom stereocenters. The Bertz CT molecular complexity index is 1100. The predicted molar refractivity (Wildman–Crippen MR) is 129 cm³/mol. The van der Waals surface area contributed by atoms with E-state index < -0.39 is 6.10 Å². The first-order valence-corrected chi connectivity index (χ1v) is 11.8. The lowest BCUT2D eigenvalue weighted by molar-refractivity contribution is 0.126. The van der Waals surface area contributed by atoms with Gasteiger partial charge in [-0.1, -0.05) is 84.6 Å². The molecule has 0 aliphatic carbocycles. The van der Waals surface area contributed by atoms with Crippen molar-refractivity contribution in [2.75, 3.05) is 12.4 Å². The van der Waals surface area contributed by atoms with E-state index in [0.717, 1.165) is 35.3 Å². The predicted octanol–water partition coefficient (Wildman–Crippen LogP) is 5.09. The molecule has 1 atom stereocenters. The van der Waals surface area contributed by atoms with E-state index in [4.69, 9.17) is 4.74 Å². The topological polar surface area (TPSA) is 60.2 Å². The lowest BCUT2D eigenvalue weighted by Crippen LogP contribution is -2.20. The van der Waals surface area contributed by atoms with Gasteiger partial charge in [-0.15, -0.1) is 10.2 Å². The van der Waals surface area contributed by atoms with Gasteiger partial charge in [-0.05, 0) is 35.7 Å². The molecule has 3 aromatic carbocycles. The molecule has 4 rings (SSSR count). The molecule has 0 radical (unpaired) electrons. The Morgan fingerprint density at radius 3 is 2.22 bits per heavy atom. The fourth-order valence-corrected chi connectivity index (χ4v) is 4.36. The molecule has 32 heavy (non-hydrogen) atoms. The molecule has 1 aromatic heterocycles. The van der Waals surface area contributed by atoms with Crippen molar-refractivity contribution in [1.82, 2.24) is 14.8 Å². The fraction of sp³-hybridized carbons (Fsp3) is 0.231. The van der Waals surface area contributed by atoms with Gasteiger partial charge in [0.1, 0.15) is 18.2 Å². The zero-order valence-corrected chi connectivity index (χ0v) is 18.9. The van der Waals surface area contributed by atoms with Gasteiger partial charge in [0.05, 0.1) is 6.10 Å². The van der Waals surface area contributed by atoms with Gasteiger partial charge < -0.3 is 14.4 Å². The summed E-state index contributed by atoms with van der Waals surface area (Å²) >= 11 is 1.51. The Labute approximate surface area is 193 Å². The first-order valence-electron chi connectivity index (χ1n) is 10.8. The van der Waals surface area contributed by atoms with Gasteiger partial charge in [-0.25, -0.2) is 0 Å². The van der Waals surface area contributed by atoms with Gasteiger partial charge >= 0.3 is 0 Å². The van der Waals surface area contributed by atoms with Crippen molar-refractivity contribution in [2.45, 2.75) is 31.1 Å². The third-order valence-electron chi connectivity index (χ3n) is 5.12. The zero-order valence-electron chi connectivity index (χ0n) is 18.1. The highest BCUT2D eigenvalue weighted by atomic mass is 32.2. The molecule has 0 saturated carbocycles. The first kappa shape index (κ1) is 22.1. The van der Waals surface area contributed by atoms with E-state index in [1.807, 2.05) is 60.7 Å². The number of aliphatic hydroxyl groups is 1. The van der Waals surface area contributed by atoms with Crippen LogP contribution in [0, 0.1) is 0 Å². The minimum Gasteiger partial charge on any atom is -0.491 e. The van der Waals surface area contributed by atoms with E-state index in [1.165, 1.54) is 22.9 Å². The summed E-state index contributed by atoms with van der Waals surface area (Å²) in [6.07, 6.45) is 0.140. The van der Waals surface area contributed by atoms with Crippen LogP contribution in [-0.4, -0.2) is 38.3 Å². The van der Waals surface area contributed by atoms with Crippen molar-refractivity contribution >= 4 is 11.8 Å². The Balaban J connectivity index is 1.28. The molecule has 0 fully saturated rings. The molecule has 5 nitrogen and oxygen atoms in total. The maximum absolute atomic E-state index is 10.4. The number of nitrogens with zero attached hydrogens (tertiary/aromatic N) is 3. The van der Waals surface area contributed by atoms with Crippen LogP contribution in [0.15, 0.2) is 90.1 Å². The zero-order chi connectivity index (χ0) is 22.2. The second kappa shape index (κ2) is 11.0. The molecular formula is C26H27N3O2S. The summed E-state index contributed by atoms with van der Waals surface area (Å²) in [5, 5.41) is 19.9. The van der Waals surface area contributed by atoms with Crippen molar-refractivity contribution < 1.29 is 9.84 Å². The summed E-state index contributed by atoms with van der Waals surface area (Å²) < 4.78 is 7.89. The maximum atomic E-state index is 10.4. The largest absolute Gasteiger partial charge is 0.491 e. The SMILES string of the molecule is CCn1c(Cc2ccccc2)nnc1SCC(O)COc1ccc(-c2ccccc2)cc1. The summed E-state index contributed by atoms with van der Waals surface area (Å²) in [5.41, 5.74) is 3.51. The number of aromatic nitrogens is 3. The molecule has 1 N–H and O–H groups in total. The quantitative estimate of drug-likeness (QED) is 0.345. The van der Waals surface area contributed by atoms with E-state index >= 15 is 0 Å². The van der Waals surface area contributed by atoms with Gasteiger partial charge in [-0.3, -0.25) is 0 Å². The molecule has 0 amide bonds. The van der Waals surface area contributed by atoms with Crippen LogP contribution in [0.5, 0.6) is 5.75 Å². The van der Waals surface area contributed by atoms with Gasteiger partial charge in [0, 0.05) is 18.7 Å². The lowest BCUT2D eigenvalue weighted by Gasteiger charge is -2.13. The number of aliphatic hydroxyl groups excluding tert-OH is 1. The first-order chi connectivity index (χ1) is 15.7. The molecule has 1 heterocycles. The van der Waals surface area contributed by atoms with Crippen molar-refractivity contribution in [3.63, 3.8) is 0 Å². The molecule has 6 heteroatoms. The Morgan fingerprint density at radius 1 is 0.875 bits per heavy atom. The van der Waals surface area contributed by atoms with Crippen molar-refractivity contribution in [2.24, 2.45) is 0 Å². The number of thioether (sulfide) groups is 1. The average Bonchev–Trinajstić information content (AvgIpc) is 3.24. The van der Waals surface area contributed by atoms with Crippen LogP contribution in [0.4, 0.5) is 0 Å². The van der Waals surface area contributed by atoms with Crippen LogP contribution in [0.1, 0.15) is 18.3 Å². The molecule has 0 aliphatic rings. The second-order valence-electron chi connectivity index (χ2n) is 7.47. The molecule has 164 valence electrons. The van der Waals surface area contributed by atoms with E-state index in [1.54, 1.807) is 0 Å². The molecule has 0 aliphatic heterocycles. The van der Waals surface area contributed by atoms with Gasteiger partial charge in [0.2, 0.25) is 0 Å². The monoisotopic (exact) mass is 445 g/mol. The number of benzene rings is 3. The highest BCUT2D eigenvalue weighted by molar-refractivity contribution is 7.99.